The quantitative estimate of drug-likeness (QED) is 0.625. The second kappa shape index (κ2) is 4.76. The highest BCUT2D eigenvalue weighted by molar-refractivity contribution is 7.99. The van der Waals surface area contributed by atoms with E-state index in [2.05, 4.69) is 21.1 Å². The first-order valence-electron chi connectivity index (χ1n) is 4.53. The molecule has 2 N–H and O–H groups in total. The van der Waals surface area contributed by atoms with Crippen LogP contribution in [0.5, 0.6) is 0 Å². The van der Waals surface area contributed by atoms with Crippen LogP contribution in [0.15, 0.2) is 21.7 Å². The van der Waals surface area contributed by atoms with Gasteiger partial charge in [0.05, 0.1) is 5.75 Å². The predicted molar refractivity (Wildman–Crippen MR) is 60.4 cm³/mol. The van der Waals surface area contributed by atoms with E-state index in [1.54, 1.807) is 12.1 Å². The maximum atomic E-state index is 10.4. The Morgan fingerprint density at radius 1 is 1.65 bits per heavy atom. The number of carboxylic acid groups (broad SMARTS) is 1. The molecule has 0 unspecified atom stereocenters. The zero-order valence-corrected chi connectivity index (χ0v) is 9.32. The van der Waals surface area contributed by atoms with Gasteiger partial charge in [0.2, 0.25) is 5.16 Å². The highest BCUT2D eigenvalue weighted by Crippen LogP contribution is 2.20. The number of rotatable bonds is 4. The summed E-state index contributed by atoms with van der Waals surface area (Å²) < 4.78 is 5.26. The summed E-state index contributed by atoms with van der Waals surface area (Å²) in [5.41, 5.74) is 0. The number of furan rings is 1. The van der Waals surface area contributed by atoms with Crippen LogP contribution in [0.2, 0.25) is 0 Å². The third-order valence-corrected chi connectivity index (χ3v) is 2.60. The Labute approximate surface area is 100 Å². The number of hydrogen-bond acceptors (Lipinski definition) is 5. The van der Waals surface area contributed by atoms with Crippen LogP contribution in [0.1, 0.15) is 5.76 Å². The standard InChI is InChI=1S/C10H7N3O3S/c1-2-6-3-4-7(16-6)9-11-10(13-12-9)17-5-8(14)15/h1,3-4H,5H2,(H,14,15)(H,11,12,13). The van der Waals surface area contributed by atoms with Crippen molar-refractivity contribution in [2.24, 2.45) is 0 Å². The van der Waals surface area contributed by atoms with Crippen LogP contribution in [0, 0.1) is 12.3 Å². The van der Waals surface area contributed by atoms with Gasteiger partial charge in [0.1, 0.15) is 0 Å². The fourth-order valence-electron chi connectivity index (χ4n) is 1.09. The molecule has 0 aliphatic rings. The molecule has 0 saturated carbocycles. The van der Waals surface area contributed by atoms with E-state index in [0.717, 1.165) is 11.8 Å². The van der Waals surface area contributed by atoms with E-state index in [0.29, 0.717) is 22.5 Å². The molecule has 17 heavy (non-hydrogen) atoms. The van der Waals surface area contributed by atoms with E-state index >= 15 is 0 Å². The lowest BCUT2D eigenvalue weighted by Gasteiger charge is -1.88. The molecule has 0 aromatic carbocycles. The molecule has 0 aliphatic heterocycles. The summed E-state index contributed by atoms with van der Waals surface area (Å²) in [6, 6.07) is 3.31. The maximum absolute atomic E-state index is 10.4. The number of nitrogens with zero attached hydrogens (tertiary/aromatic N) is 2. The van der Waals surface area contributed by atoms with Crippen molar-refractivity contribution < 1.29 is 14.3 Å². The zero-order valence-electron chi connectivity index (χ0n) is 8.51. The topological polar surface area (TPSA) is 92.0 Å². The Morgan fingerprint density at radius 3 is 3.12 bits per heavy atom. The van der Waals surface area contributed by atoms with Crippen molar-refractivity contribution in [3.05, 3.63) is 17.9 Å². The van der Waals surface area contributed by atoms with Gasteiger partial charge in [0, 0.05) is 0 Å². The van der Waals surface area contributed by atoms with Crippen LogP contribution >= 0.6 is 11.8 Å². The number of terminal acetylenes is 1. The molecule has 2 aromatic rings. The number of aromatic nitrogens is 3. The average molecular weight is 249 g/mol. The van der Waals surface area contributed by atoms with E-state index in [-0.39, 0.29) is 5.75 Å². The molecule has 0 spiro atoms. The lowest BCUT2D eigenvalue weighted by molar-refractivity contribution is -0.133. The Hall–Kier alpha value is -2.20. The van der Waals surface area contributed by atoms with Gasteiger partial charge in [-0.2, -0.15) is 4.98 Å². The third-order valence-electron chi connectivity index (χ3n) is 1.77. The van der Waals surface area contributed by atoms with Gasteiger partial charge in [0.15, 0.2) is 17.3 Å². The summed E-state index contributed by atoms with van der Waals surface area (Å²) in [5, 5.41) is 15.4. The summed E-state index contributed by atoms with van der Waals surface area (Å²) in [6.45, 7) is 0. The Balaban J connectivity index is 2.12. The van der Waals surface area contributed by atoms with Crippen LogP contribution in [0.25, 0.3) is 11.6 Å². The molecule has 2 aromatic heterocycles. The maximum Gasteiger partial charge on any atom is 0.313 e. The first-order chi connectivity index (χ1) is 8.19. The SMILES string of the molecule is C#Cc1ccc(-c2nc(SCC(=O)O)n[nH]2)o1. The lowest BCUT2D eigenvalue weighted by atomic mass is 10.4. The number of aliphatic carboxylic acids is 1. The molecule has 0 amide bonds. The number of H-pyrrole nitrogens is 1. The molecule has 0 radical (unpaired) electrons. The second-order valence-corrected chi connectivity index (χ2v) is 3.90. The third kappa shape index (κ3) is 2.68. The molecule has 86 valence electrons. The number of nitrogens with one attached hydrogen (secondary N) is 1. The van der Waals surface area contributed by atoms with Gasteiger partial charge in [-0.3, -0.25) is 9.89 Å². The minimum Gasteiger partial charge on any atom is -0.481 e. The molecule has 6 nitrogen and oxygen atoms in total. The molecule has 0 atom stereocenters. The van der Waals surface area contributed by atoms with Crippen molar-refractivity contribution in [2.45, 2.75) is 5.16 Å². The van der Waals surface area contributed by atoms with Crippen LogP contribution in [0.4, 0.5) is 0 Å². The van der Waals surface area contributed by atoms with Gasteiger partial charge in [-0.1, -0.05) is 11.8 Å². The van der Waals surface area contributed by atoms with Gasteiger partial charge >= 0.3 is 5.97 Å². The summed E-state index contributed by atoms with van der Waals surface area (Å²) in [4.78, 5) is 14.4. The van der Waals surface area contributed by atoms with Crippen molar-refractivity contribution in [1.82, 2.24) is 15.2 Å². The monoisotopic (exact) mass is 249 g/mol. The Morgan fingerprint density at radius 2 is 2.47 bits per heavy atom. The number of thioether (sulfide) groups is 1. The highest BCUT2D eigenvalue weighted by atomic mass is 32.2. The Kier molecular flexibility index (Phi) is 3.16. The number of carbonyl (C=O) groups is 1. The molecule has 0 bridgehead atoms. The van der Waals surface area contributed by atoms with Gasteiger partial charge in [-0.05, 0) is 18.1 Å². The van der Waals surface area contributed by atoms with E-state index in [1.807, 2.05) is 0 Å². The largest absolute Gasteiger partial charge is 0.481 e. The first kappa shape index (κ1) is 11.3. The zero-order chi connectivity index (χ0) is 12.3. The molecule has 7 heteroatoms. The van der Waals surface area contributed by atoms with Crippen LogP contribution < -0.4 is 0 Å². The van der Waals surface area contributed by atoms with Crippen molar-refractivity contribution in [1.29, 1.82) is 0 Å². The van der Waals surface area contributed by atoms with Gasteiger partial charge in [-0.15, -0.1) is 11.5 Å². The molecule has 0 fully saturated rings. The molecule has 0 aliphatic carbocycles. The van der Waals surface area contributed by atoms with E-state index in [4.69, 9.17) is 15.9 Å². The van der Waals surface area contributed by atoms with Crippen LogP contribution in [-0.4, -0.2) is 32.0 Å². The number of aromatic amines is 1. The van der Waals surface area contributed by atoms with E-state index in [9.17, 15) is 4.79 Å². The van der Waals surface area contributed by atoms with Crippen molar-refractivity contribution in [3.63, 3.8) is 0 Å². The van der Waals surface area contributed by atoms with E-state index in [1.165, 1.54) is 0 Å². The minimum atomic E-state index is -0.922. The summed E-state index contributed by atoms with van der Waals surface area (Å²) >= 11 is 1.02. The van der Waals surface area contributed by atoms with Crippen molar-refractivity contribution >= 4 is 17.7 Å². The summed E-state index contributed by atoms with van der Waals surface area (Å²) in [7, 11) is 0. The molecule has 0 saturated heterocycles. The molecule has 2 rings (SSSR count). The van der Waals surface area contributed by atoms with Gasteiger partial charge in [0.25, 0.3) is 0 Å². The second-order valence-electron chi connectivity index (χ2n) is 2.96. The average Bonchev–Trinajstić information content (AvgIpc) is 2.94. The lowest BCUT2D eigenvalue weighted by Crippen LogP contribution is -1.97. The van der Waals surface area contributed by atoms with E-state index < -0.39 is 5.97 Å². The molecular formula is C10H7N3O3S. The number of hydrogen-bond donors (Lipinski definition) is 2. The minimum absolute atomic E-state index is 0.0922. The van der Waals surface area contributed by atoms with Crippen LogP contribution in [-0.2, 0) is 4.79 Å². The molecule has 2 heterocycles. The van der Waals surface area contributed by atoms with Gasteiger partial charge < -0.3 is 9.52 Å². The highest BCUT2D eigenvalue weighted by Gasteiger charge is 2.10. The first-order valence-corrected chi connectivity index (χ1v) is 5.51. The van der Waals surface area contributed by atoms with Crippen LogP contribution in [0.3, 0.4) is 0 Å². The summed E-state index contributed by atoms with van der Waals surface area (Å²) in [5.74, 6) is 2.62. The number of carboxylic acids is 1. The smallest absolute Gasteiger partial charge is 0.313 e. The van der Waals surface area contributed by atoms with Crippen molar-refractivity contribution in [3.8, 4) is 23.9 Å². The fraction of sp³-hybridized carbons (Fsp3) is 0.100. The molecular weight excluding hydrogens is 242 g/mol. The summed E-state index contributed by atoms with van der Waals surface area (Å²) in [6.07, 6.45) is 5.17. The normalized spacial score (nSPS) is 10.1. The van der Waals surface area contributed by atoms with Crippen molar-refractivity contribution in [2.75, 3.05) is 5.75 Å². The predicted octanol–water partition coefficient (Wildman–Crippen LogP) is 1.22. The fourth-order valence-corrected chi connectivity index (χ4v) is 1.61. The Bertz CT molecular complexity index is 582. The van der Waals surface area contributed by atoms with Gasteiger partial charge in [-0.25, -0.2) is 0 Å².